The first kappa shape index (κ1) is 17.8. The van der Waals surface area contributed by atoms with E-state index in [4.69, 9.17) is 5.73 Å². The van der Waals surface area contributed by atoms with Gasteiger partial charge in [-0.15, -0.1) is 24.8 Å². The largest absolute Gasteiger partial charge is 0.354 e. The maximum Gasteiger partial charge on any atom is 0.240 e. The number of rotatable bonds is 5. The third-order valence-corrected chi connectivity index (χ3v) is 3.63. The number of hydrogen-bond donors (Lipinski definition) is 2. The van der Waals surface area contributed by atoms with Crippen molar-refractivity contribution in [1.82, 2.24) is 14.9 Å². The van der Waals surface area contributed by atoms with E-state index in [1.807, 2.05) is 24.5 Å². The van der Waals surface area contributed by atoms with E-state index in [1.165, 1.54) is 0 Å². The lowest BCUT2D eigenvalue weighted by Crippen LogP contribution is -2.43. The highest BCUT2D eigenvalue weighted by atomic mass is 35.5. The number of nitrogens with one attached hydrogen (secondary N) is 1. The minimum Gasteiger partial charge on any atom is -0.354 e. The fourth-order valence-electron chi connectivity index (χ4n) is 2.18. The second-order valence-corrected chi connectivity index (χ2v) is 5.19. The minimum atomic E-state index is -0.568. The molecule has 7 heteroatoms. The zero-order valence-corrected chi connectivity index (χ0v) is 13.3. The summed E-state index contributed by atoms with van der Waals surface area (Å²) >= 11 is 0. The molecular weight excluding hydrogens is 311 g/mol. The van der Waals surface area contributed by atoms with E-state index in [0.29, 0.717) is 6.54 Å². The van der Waals surface area contributed by atoms with E-state index >= 15 is 0 Å². The van der Waals surface area contributed by atoms with Gasteiger partial charge in [-0.1, -0.05) is 12.1 Å². The summed E-state index contributed by atoms with van der Waals surface area (Å²) in [4.78, 5) is 16.0. The van der Waals surface area contributed by atoms with Gasteiger partial charge in [0.05, 0.1) is 22.9 Å². The Labute approximate surface area is 136 Å². The summed E-state index contributed by atoms with van der Waals surface area (Å²) in [7, 11) is 0. The van der Waals surface area contributed by atoms with Gasteiger partial charge in [-0.25, -0.2) is 4.98 Å². The quantitative estimate of drug-likeness (QED) is 0.822. The molecule has 3 N–H and O–H groups in total. The molecule has 0 unspecified atom stereocenters. The van der Waals surface area contributed by atoms with Crippen molar-refractivity contribution in [2.24, 2.45) is 5.73 Å². The topological polar surface area (TPSA) is 72.9 Å². The number of para-hydroxylation sites is 2. The molecule has 1 aliphatic carbocycles. The predicted molar refractivity (Wildman–Crippen MR) is 88.0 cm³/mol. The van der Waals surface area contributed by atoms with Crippen molar-refractivity contribution in [2.45, 2.75) is 31.3 Å². The maximum atomic E-state index is 11.6. The smallest absolute Gasteiger partial charge is 0.240 e. The molecule has 1 amide bonds. The first-order chi connectivity index (χ1) is 9.19. The summed E-state index contributed by atoms with van der Waals surface area (Å²) < 4.78 is 2.11. The van der Waals surface area contributed by atoms with Gasteiger partial charge >= 0.3 is 0 Å². The molecule has 1 fully saturated rings. The summed E-state index contributed by atoms with van der Waals surface area (Å²) in [6, 6.07) is 8.04. The zero-order chi connectivity index (χ0) is 13.3. The number of hydrogen-bond acceptors (Lipinski definition) is 3. The van der Waals surface area contributed by atoms with E-state index in [-0.39, 0.29) is 30.7 Å². The van der Waals surface area contributed by atoms with Gasteiger partial charge in [-0.3, -0.25) is 4.79 Å². The molecule has 116 valence electrons. The first-order valence-electron chi connectivity index (χ1n) is 6.66. The molecule has 0 spiro atoms. The third kappa shape index (κ3) is 3.87. The number of fused-ring (bicyclic) bond motifs is 1. The number of nitrogens with zero attached hydrogens (tertiary/aromatic N) is 2. The van der Waals surface area contributed by atoms with Gasteiger partial charge in [-0.05, 0) is 31.4 Å². The van der Waals surface area contributed by atoms with E-state index in [1.54, 1.807) is 0 Å². The van der Waals surface area contributed by atoms with Gasteiger partial charge < -0.3 is 15.6 Å². The van der Waals surface area contributed by atoms with Crippen molar-refractivity contribution in [3.05, 3.63) is 30.6 Å². The van der Waals surface area contributed by atoms with Gasteiger partial charge in [0.1, 0.15) is 0 Å². The van der Waals surface area contributed by atoms with Crippen LogP contribution in [0.25, 0.3) is 11.0 Å². The van der Waals surface area contributed by atoms with Crippen LogP contribution in [0, 0.1) is 0 Å². The lowest BCUT2D eigenvalue weighted by atomic mass is 10.2. The Morgan fingerprint density at radius 1 is 1.33 bits per heavy atom. The third-order valence-electron chi connectivity index (χ3n) is 3.63. The second kappa shape index (κ2) is 7.11. The molecule has 0 radical (unpaired) electrons. The number of benzene rings is 1. The molecule has 2 aromatic rings. The predicted octanol–water partition coefficient (Wildman–Crippen LogP) is 1.88. The molecule has 0 aliphatic heterocycles. The molecule has 1 aliphatic rings. The Morgan fingerprint density at radius 3 is 2.76 bits per heavy atom. The Bertz CT molecular complexity index is 610. The minimum absolute atomic E-state index is 0. The number of carbonyl (C=O) groups is 1. The van der Waals surface area contributed by atoms with Gasteiger partial charge in [0.2, 0.25) is 5.91 Å². The number of imidazole rings is 1. The number of amides is 1. The van der Waals surface area contributed by atoms with Crippen LogP contribution in [0.15, 0.2) is 30.6 Å². The molecule has 1 aromatic heterocycles. The monoisotopic (exact) mass is 330 g/mol. The molecule has 1 heterocycles. The Hall–Kier alpha value is -1.30. The van der Waals surface area contributed by atoms with E-state index in [9.17, 15) is 4.79 Å². The maximum absolute atomic E-state index is 11.6. The van der Waals surface area contributed by atoms with Gasteiger partial charge in [-0.2, -0.15) is 0 Å². The van der Waals surface area contributed by atoms with Crippen molar-refractivity contribution >= 4 is 41.8 Å². The molecule has 0 bridgehead atoms. The van der Waals surface area contributed by atoms with Gasteiger partial charge in [0, 0.05) is 13.1 Å². The Balaban J connectivity index is 0.00000110. The summed E-state index contributed by atoms with van der Waals surface area (Å²) in [6.45, 7) is 1.50. The summed E-state index contributed by atoms with van der Waals surface area (Å²) in [5, 5.41) is 2.90. The molecule has 3 rings (SSSR count). The average Bonchev–Trinajstić information content (AvgIpc) is 3.05. The highest BCUT2D eigenvalue weighted by Crippen LogP contribution is 2.31. The molecule has 1 aromatic carbocycles. The van der Waals surface area contributed by atoms with Crippen molar-refractivity contribution in [3.8, 4) is 0 Å². The van der Waals surface area contributed by atoms with E-state index in [2.05, 4.69) is 20.9 Å². The van der Waals surface area contributed by atoms with Gasteiger partial charge in [0.25, 0.3) is 0 Å². The van der Waals surface area contributed by atoms with Crippen LogP contribution < -0.4 is 11.1 Å². The SMILES string of the molecule is Cl.Cl.NC1(C(=O)NCCCn2cnc3ccccc32)CC1. The zero-order valence-electron chi connectivity index (χ0n) is 11.6. The number of aromatic nitrogens is 2. The lowest BCUT2D eigenvalue weighted by molar-refractivity contribution is -0.123. The van der Waals surface area contributed by atoms with Crippen molar-refractivity contribution in [3.63, 3.8) is 0 Å². The van der Waals surface area contributed by atoms with Crippen LogP contribution in [0.4, 0.5) is 0 Å². The van der Waals surface area contributed by atoms with Crippen LogP contribution in [-0.2, 0) is 11.3 Å². The van der Waals surface area contributed by atoms with Crippen LogP contribution in [-0.4, -0.2) is 27.5 Å². The molecule has 21 heavy (non-hydrogen) atoms. The first-order valence-corrected chi connectivity index (χ1v) is 6.66. The van der Waals surface area contributed by atoms with Crippen LogP contribution in [0.1, 0.15) is 19.3 Å². The lowest BCUT2D eigenvalue weighted by Gasteiger charge is -2.10. The van der Waals surface area contributed by atoms with Crippen molar-refractivity contribution in [2.75, 3.05) is 6.54 Å². The number of aryl methyl sites for hydroxylation is 1. The summed E-state index contributed by atoms with van der Waals surface area (Å²) in [6.07, 6.45) is 4.34. The van der Waals surface area contributed by atoms with Crippen molar-refractivity contribution in [1.29, 1.82) is 0 Å². The fourth-order valence-corrected chi connectivity index (χ4v) is 2.18. The van der Waals surface area contributed by atoms with Crippen LogP contribution in [0.5, 0.6) is 0 Å². The van der Waals surface area contributed by atoms with Gasteiger partial charge in [0.15, 0.2) is 0 Å². The number of carbonyl (C=O) groups excluding carboxylic acids is 1. The average molecular weight is 331 g/mol. The standard InChI is InChI=1S/C14H18N4O.2ClH/c15-14(6-7-14)13(19)16-8-3-9-18-10-17-11-4-1-2-5-12(11)18;;/h1-2,4-5,10H,3,6-9,15H2,(H,16,19);2*1H. The van der Waals surface area contributed by atoms with E-state index in [0.717, 1.165) is 36.8 Å². The van der Waals surface area contributed by atoms with Crippen LogP contribution >= 0.6 is 24.8 Å². The number of halogens is 2. The molecular formula is C14H20Cl2N4O. The Kier molecular flexibility index (Phi) is 6.01. The second-order valence-electron chi connectivity index (χ2n) is 5.19. The molecule has 5 nitrogen and oxygen atoms in total. The molecule has 1 saturated carbocycles. The highest BCUT2D eigenvalue weighted by Gasteiger charge is 2.45. The fraction of sp³-hybridized carbons (Fsp3) is 0.429. The Morgan fingerprint density at radius 2 is 2.05 bits per heavy atom. The van der Waals surface area contributed by atoms with E-state index < -0.39 is 5.54 Å². The highest BCUT2D eigenvalue weighted by molar-refractivity contribution is 5.88. The number of nitrogens with two attached hydrogens (primary N) is 1. The van der Waals surface area contributed by atoms with Crippen molar-refractivity contribution < 1.29 is 4.79 Å². The van der Waals surface area contributed by atoms with Crippen LogP contribution in [0.3, 0.4) is 0 Å². The summed E-state index contributed by atoms with van der Waals surface area (Å²) in [5.74, 6) is -0.0111. The summed E-state index contributed by atoms with van der Waals surface area (Å²) in [5.41, 5.74) is 7.38. The normalized spacial score (nSPS) is 14.9. The molecule has 0 saturated heterocycles. The molecule has 0 atom stereocenters. The van der Waals surface area contributed by atoms with Crippen LogP contribution in [0.2, 0.25) is 0 Å².